The molecule has 144 valence electrons. The van der Waals surface area contributed by atoms with Crippen molar-refractivity contribution in [1.29, 1.82) is 0 Å². The predicted molar refractivity (Wildman–Crippen MR) is 110 cm³/mol. The van der Waals surface area contributed by atoms with Crippen molar-refractivity contribution < 1.29 is 9.59 Å². The Morgan fingerprint density at radius 2 is 1.92 bits per heavy atom. The predicted octanol–water partition coefficient (Wildman–Crippen LogP) is 3.05. The van der Waals surface area contributed by atoms with E-state index in [0.717, 1.165) is 50.1 Å². The molecule has 1 aromatic rings. The van der Waals surface area contributed by atoms with Crippen LogP contribution in [-0.4, -0.2) is 53.4 Å². The molecule has 2 rings (SSSR count). The third-order valence-electron chi connectivity index (χ3n) is 4.64. The van der Waals surface area contributed by atoms with Gasteiger partial charge in [0.25, 0.3) is 0 Å². The van der Waals surface area contributed by atoms with Crippen molar-refractivity contribution in [2.45, 2.75) is 51.3 Å². The van der Waals surface area contributed by atoms with Gasteiger partial charge < -0.3 is 15.5 Å². The Labute approximate surface area is 161 Å². The van der Waals surface area contributed by atoms with Gasteiger partial charge in [-0.05, 0) is 58.3 Å². The average molecular weight is 378 g/mol. The normalized spacial score (nSPS) is 16.1. The number of nitrogens with zero attached hydrogens (tertiary/aromatic N) is 1. The van der Waals surface area contributed by atoms with E-state index in [0.29, 0.717) is 6.04 Å². The molecular weight excluding hydrogens is 346 g/mol. The van der Waals surface area contributed by atoms with Gasteiger partial charge >= 0.3 is 0 Å². The first-order valence-corrected chi connectivity index (χ1v) is 10.6. The summed E-state index contributed by atoms with van der Waals surface area (Å²) in [4.78, 5) is 27.1. The zero-order valence-electron chi connectivity index (χ0n) is 16.1. The number of thioether (sulfide) groups is 1. The summed E-state index contributed by atoms with van der Waals surface area (Å²) >= 11 is 1.41. The summed E-state index contributed by atoms with van der Waals surface area (Å²) in [6.45, 7) is 8.77. The van der Waals surface area contributed by atoms with Gasteiger partial charge in [0.15, 0.2) is 0 Å². The highest BCUT2D eigenvalue weighted by atomic mass is 32.2. The lowest BCUT2D eigenvalue weighted by Gasteiger charge is -2.36. The number of rotatable bonds is 8. The Morgan fingerprint density at radius 3 is 2.54 bits per heavy atom. The minimum absolute atomic E-state index is 0.0672. The highest BCUT2D eigenvalue weighted by Gasteiger charge is 2.28. The highest BCUT2D eigenvalue weighted by Crippen LogP contribution is 2.20. The first-order chi connectivity index (χ1) is 12.5. The first-order valence-electron chi connectivity index (χ1n) is 9.50. The van der Waals surface area contributed by atoms with Gasteiger partial charge in [0.05, 0.1) is 11.0 Å². The molecule has 1 saturated heterocycles. The molecule has 5 nitrogen and oxygen atoms in total. The van der Waals surface area contributed by atoms with E-state index in [1.54, 1.807) is 0 Å². The van der Waals surface area contributed by atoms with Crippen LogP contribution in [0.15, 0.2) is 24.3 Å². The molecule has 0 radical (unpaired) electrons. The molecule has 1 unspecified atom stereocenters. The third-order valence-corrected chi connectivity index (χ3v) is 5.78. The van der Waals surface area contributed by atoms with Gasteiger partial charge in [-0.1, -0.05) is 24.6 Å². The number of piperidine rings is 1. The van der Waals surface area contributed by atoms with Crippen LogP contribution in [0.3, 0.4) is 0 Å². The molecule has 0 saturated carbocycles. The zero-order valence-corrected chi connectivity index (χ0v) is 16.9. The Bertz CT molecular complexity index is 585. The zero-order chi connectivity index (χ0) is 18.9. The van der Waals surface area contributed by atoms with Crippen molar-refractivity contribution in [3.05, 3.63) is 29.8 Å². The van der Waals surface area contributed by atoms with Gasteiger partial charge in [0, 0.05) is 18.3 Å². The van der Waals surface area contributed by atoms with Crippen LogP contribution in [-0.2, 0) is 9.59 Å². The maximum absolute atomic E-state index is 12.9. The van der Waals surface area contributed by atoms with Crippen LogP contribution in [0.5, 0.6) is 0 Å². The Kier molecular flexibility index (Phi) is 8.45. The second kappa shape index (κ2) is 10.6. The number of carbonyl (C=O) groups excluding carboxylic acids is 2. The minimum Gasteiger partial charge on any atom is -0.339 e. The molecule has 1 aliphatic rings. The topological polar surface area (TPSA) is 61.4 Å². The highest BCUT2D eigenvalue weighted by molar-refractivity contribution is 8.01. The van der Waals surface area contributed by atoms with Gasteiger partial charge in [-0.15, -0.1) is 11.8 Å². The van der Waals surface area contributed by atoms with Crippen LogP contribution < -0.4 is 10.6 Å². The summed E-state index contributed by atoms with van der Waals surface area (Å²) < 4.78 is 0. The van der Waals surface area contributed by atoms with E-state index in [9.17, 15) is 9.59 Å². The van der Waals surface area contributed by atoms with Crippen molar-refractivity contribution in [2.75, 3.05) is 30.7 Å². The first kappa shape index (κ1) is 20.8. The molecule has 1 aromatic carbocycles. The minimum atomic E-state index is -0.208. The second-order valence-electron chi connectivity index (χ2n) is 6.88. The number of hydrogen-bond acceptors (Lipinski definition) is 4. The van der Waals surface area contributed by atoms with Crippen molar-refractivity contribution in [2.24, 2.45) is 0 Å². The van der Waals surface area contributed by atoms with E-state index in [1.165, 1.54) is 11.8 Å². The van der Waals surface area contributed by atoms with E-state index in [-0.39, 0.29) is 22.8 Å². The Balaban J connectivity index is 1.83. The van der Waals surface area contributed by atoms with E-state index in [1.807, 2.05) is 43.0 Å². The van der Waals surface area contributed by atoms with Gasteiger partial charge in [-0.3, -0.25) is 9.59 Å². The number of nitrogens with one attached hydrogen (secondary N) is 2. The fourth-order valence-electron chi connectivity index (χ4n) is 3.17. The molecular formula is C20H31N3O2S. The molecule has 1 fully saturated rings. The molecule has 0 spiro atoms. The summed E-state index contributed by atoms with van der Waals surface area (Å²) in [5, 5.41) is 6.03. The maximum atomic E-state index is 12.9. The standard InChI is InChI=1S/C20H31N3O2S/c1-4-13-23(18-9-11-21-12-10-18)20(25)16(3)26-14-19(24)22-17-7-5-15(2)6-8-17/h5-8,16,18,21H,4,9-14H2,1-3H3,(H,22,24). The van der Waals surface area contributed by atoms with Crippen molar-refractivity contribution >= 4 is 29.3 Å². The summed E-state index contributed by atoms with van der Waals surface area (Å²) in [7, 11) is 0. The van der Waals surface area contributed by atoms with Gasteiger partial charge in [-0.25, -0.2) is 0 Å². The smallest absolute Gasteiger partial charge is 0.235 e. The van der Waals surface area contributed by atoms with E-state index < -0.39 is 0 Å². The van der Waals surface area contributed by atoms with Crippen molar-refractivity contribution in [1.82, 2.24) is 10.2 Å². The molecule has 1 atom stereocenters. The maximum Gasteiger partial charge on any atom is 0.235 e. The summed E-state index contributed by atoms with van der Waals surface area (Å²) in [6.07, 6.45) is 2.98. The number of hydrogen-bond donors (Lipinski definition) is 2. The number of benzene rings is 1. The number of amides is 2. The molecule has 1 aliphatic heterocycles. The summed E-state index contributed by atoms with van der Waals surface area (Å²) in [5.74, 6) is 0.377. The molecule has 6 heteroatoms. The van der Waals surface area contributed by atoms with Gasteiger partial charge in [-0.2, -0.15) is 0 Å². The molecule has 0 aliphatic carbocycles. The quantitative estimate of drug-likeness (QED) is 0.731. The lowest BCUT2D eigenvalue weighted by molar-refractivity contribution is -0.133. The number of carbonyl (C=O) groups is 2. The van der Waals surface area contributed by atoms with Crippen LogP contribution in [0.2, 0.25) is 0 Å². The number of anilines is 1. The van der Waals surface area contributed by atoms with E-state index in [4.69, 9.17) is 0 Å². The van der Waals surface area contributed by atoms with Crippen molar-refractivity contribution in [3.63, 3.8) is 0 Å². The van der Waals surface area contributed by atoms with Crippen LogP contribution in [0, 0.1) is 6.92 Å². The van der Waals surface area contributed by atoms with Crippen LogP contribution in [0.4, 0.5) is 5.69 Å². The second-order valence-corrected chi connectivity index (χ2v) is 8.21. The summed E-state index contributed by atoms with van der Waals surface area (Å²) in [5.41, 5.74) is 1.95. The average Bonchev–Trinajstić information content (AvgIpc) is 2.66. The molecule has 2 amide bonds. The van der Waals surface area contributed by atoms with Gasteiger partial charge in [0.2, 0.25) is 11.8 Å². The summed E-state index contributed by atoms with van der Waals surface area (Å²) in [6, 6.07) is 8.06. The monoisotopic (exact) mass is 377 g/mol. The lowest BCUT2D eigenvalue weighted by atomic mass is 10.0. The molecule has 0 aromatic heterocycles. The number of aryl methyl sites for hydroxylation is 1. The Hall–Kier alpha value is -1.53. The fourth-order valence-corrected chi connectivity index (χ4v) is 3.92. The fraction of sp³-hybridized carbons (Fsp3) is 0.600. The largest absolute Gasteiger partial charge is 0.339 e. The molecule has 1 heterocycles. The van der Waals surface area contributed by atoms with Crippen LogP contribution in [0.1, 0.15) is 38.7 Å². The molecule has 2 N–H and O–H groups in total. The molecule has 0 bridgehead atoms. The Morgan fingerprint density at radius 1 is 1.27 bits per heavy atom. The van der Waals surface area contributed by atoms with Gasteiger partial charge in [0.1, 0.15) is 0 Å². The van der Waals surface area contributed by atoms with Crippen LogP contribution >= 0.6 is 11.8 Å². The van der Waals surface area contributed by atoms with Crippen LogP contribution in [0.25, 0.3) is 0 Å². The SMILES string of the molecule is CCCN(C(=O)C(C)SCC(=O)Nc1ccc(C)cc1)C1CCNCC1. The molecule has 26 heavy (non-hydrogen) atoms. The third kappa shape index (κ3) is 6.32. The van der Waals surface area contributed by atoms with E-state index >= 15 is 0 Å². The van der Waals surface area contributed by atoms with E-state index in [2.05, 4.69) is 17.6 Å². The van der Waals surface area contributed by atoms with Crippen molar-refractivity contribution in [3.8, 4) is 0 Å². The lowest BCUT2D eigenvalue weighted by Crippen LogP contribution is -2.49.